The first-order chi connectivity index (χ1) is 12.0. The molecule has 2 heterocycles. The van der Waals surface area contributed by atoms with Crippen LogP contribution in [0.4, 0.5) is 0 Å². The van der Waals surface area contributed by atoms with Gasteiger partial charge in [-0.1, -0.05) is 44.0 Å². The summed E-state index contributed by atoms with van der Waals surface area (Å²) in [5.74, 6) is 0.578. The van der Waals surface area contributed by atoms with Crippen LogP contribution >= 0.6 is 23.2 Å². The molecule has 1 N–H and O–H groups in total. The lowest BCUT2D eigenvalue weighted by molar-refractivity contribution is 0.174. The van der Waals surface area contributed by atoms with Gasteiger partial charge < -0.3 is 14.5 Å². The lowest BCUT2D eigenvalue weighted by atomic mass is 10.1. The van der Waals surface area contributed by atoms with Crippen molar-refractivity contribution >= 4 is 31.5 Å². The summed E-state index contributed by atoms with van der Waals surface area (Å²) in [6.07, 6.45) is 4.28. The van der Waals surface area contributed by atoms with Crippen molar-refractivity contribution in [3.63, 3.8) is 0 Å². The molecule has 1 aliphatic rings. The van der Waals surface area contributed by atoms with Crippen molar-refractivity contribution in [3.8, 4) is 0 Å². The first-order valence-electron chi connectivity index (χ1n) is 9.30. The van der Waals surface area contributed by atoms with Gasteiger partial charge in [-0.3, -0.25) is 4.98 Å². The van der Waals surface area contributed by atoms with Crippen LogP contribution in [0.5, 0.6) is 0 Å². The van der Waals surface area contributed by atoms with E-state index in [1.807, 2.05) is 0 Å². The quantitative estimate of drug-likeness (QED) is 0.552. The minimum Gasteiger partial charge on any atom is -0.409 e. The molecule has 2 rings (SSSR count). The summed E-state index contributed by atoms with van der Waals surface area (Å²) in [5, 5.41) is 4.71. The number of hydrogen-bond acceptors (Lipinski definition) is 4. The molecule has 1 aromatic heterocycles. The second-order valence-electron chi connectivity index (χ2n) is 6.75. The Morgan fingerprint density at radius 2 is 1.88 bits per heavy atom. The molecular weight excluding hydrogens is 375 g/mol. The zero-order valence-electron chi connectivity index (χ0n) is 15.5. The molecule has 2 atom stereocenters. The maximum Gasteiger partial charge on any atom is 0.192 e. The summed E-state index contributed by atoms with van der Waals surface area (Å²) in [4.78, 5) is 4.08. The summed E-state index contributed by atoms with van der Waals surface area (Å²) in [6.45, 7) is 10.0. The number of halogens is 2. The number of rotatable bonds is 10. The van der Waals surface area contributed by atoms with Crippen LogP contribution in [0.2, 0.25) is 28.2 Å². The number of ether oxygens (including phenoxy) is 1. The molecule has 0 bridgehead atoms. The van der Waals surface area contributed by atoms with E-state index >= 15 is 0 Å². The average Bonchev–Trinajstić information content (AvgIpc) is 3.12. The van der Waals surface area contributed by atoms with E-state index in [-0.39, 0.29) is 6.10 Å². The SMILES string of the molecule is CC[Si](CC)(CC)OC(CNC[C@@H]1CCOC1)c1c(Cl)cncc1Cl. The fourth-order valence-corrected chi connectivity index (χ4v) is 6.81. The van der Waals surface area contributed by atoms with Crippen molar-refractivity contribution in [1.82, 2.24) is 10.3 Å². The van der Waals surface area contributed by atoms with Crippen molar-refractivity contribution in [1.29, 1.82) is 0 Å². The van der Waals surface area contributed by atoms with E-state index in [4.69, 9.17) is 32.4 Å². The molecule has 1 aromatic rings. The highest BCUT2D eigenvalue weighted by atomic mass is 35.5. The Kier molecular flexibility index (Phi) is 8.65. The maximum atomic E-state index is 6.75. The topological polar surface area (TPSA) is 43.4 Å². The monoisotopic (exact) mass is 404 g/mol. The van der Waals surface area contributed by atoms with E-state index in [0.717, 1.165) is 49.9 Å². The first kappa shape index (κ1) is 21.1. The molecule has 1 unspecified atom stereocenters. The number of aromatic nitrogens is 1. The summed E-state index contributed by atoms with van der Waals surface area (Å²) < 4.78 is 12.2. The molecule has 1 saturated heterocycles. The van der Waals surface area contributed by atoms with Crippen molar-refractivity contribution in [2.24, 2.45) is 5.92 Å². The van der Waals surface area contributed by atoms with E-state index in [2.05, 4.69) is 31.1 Å². The first-order valence-corrected chi connectivity index (χ1v) is 12.6. The van der Waals surface area contributed by atoms with Crippen LogP contribution in [0, 0.1) is 5.92 Å². The second-order valence-corrected chi connectivity index (χ2v) is 12.3. The molecule has 25 heavy (non-hydrogen) atoms. The third-order valence-electron chi connectivity index (χ3n) is 5.32. The van der Waals surface area contributed by atoms with Crippen LogP contribution in [0.3, 0.4) is 0 Å². The standard InChI is InChI=1S/C18H30Cl2N2O2Si/c1-4-25(5-2,6-3)24-17(12-21-9-14-7-8-23-13-14)18-15(19)10-22-11-16(18)20/h10-11,14,17,21H,4-9,12-13H2,1-3H3/t14-,17?/m0/s1. The van der Waals surface area contributed by atoms with Crippen molar-refractivity contribution < 1.29 is 9.16 Å². The Bertz CT molecular complexity index is 509. The van der Waals surface area contributed by atoms with Crippen LogP contribution in [0.1, 0.15) is 38.9 Å². The van der Waals surface area contributed by atoms with E-state index in [9.17, 15) is 0 Å². The third kappa shape index (κ3) is 5.65. The highest BCUT2D eigenvalue weighted by molar-refractivity contribution is 6.73. The van der Waals surface area contributed by atoms with E-state index in [0.29, 0.717) is 22.5 Å². The van der Waals surface area contributed by atoms with Crippen LogP contribution in [0.25, 0.3) is 0 Å². The fourth-order valence-electron chi connectivity index (χ4n) is 3.40. The predicted octanol–water partition coefficient (Wildman–Crippen LogP) is 5.08. The van der Waals surface area contributed by atoms with Crippen LogP contribution < -0.4 is 5.32 Å². The van der Waals surface area contributed by atoms with Crippen LogP contribution in [-0.4, -0.2) is 39.6 Å². The Morgan fingerprint density at radius 1 is 1.24 bits per heavy atom. The van der Waals surface area contributed by atoms with Gasteiger partial charge in [0.15, 0.2) is 8.32 Å². The highest BCUT2D eigenvalue weighted by Gasteiger charge is 2.34. The van der Waals surface area contributed by atoms with E-state index < -0.39 is 8.32 Å². The van der Waals surface area contributed by atoms with E-state index in [1.54, 1.807) is 12.4 Å². The van der Waals surface area contributed by atoms with Gasteiger partial charge >= 0.3 is 0 Å². The van der Waals surface area contributed by atoms with Gasteiger partial charge in [-0.15, -0.1) is 0 Å². The van der Waals surface area contributed by atoms with Gasteiger partial charge in [0.05, 0.1) is 22.8 Å². The largest absolute Gasteiger partial charge is 0.409 e. The van der Waals surface area contributed by atoms with Gasteiger partial charge in [0, 0.05) is 37.7 Å². The van der Waals surface area contributed by atoms with Crippen molar-refractivity contribution in [2.45, 2.75) is 51.4 Å². The molecule has 0 amide bonds. The van der Waals surface area contributed by atoms with Gasteiger partial charge in [-0.25, -0.2) is 0 Å². The van der Waals surface area contributed by atoms with Crippen LogP contribution in [-0.2, 0) is 9.16 Å². The molecule has 0 radical (unpaired) electrons. The van der Waals surface area contributed by atoms with Gasteiger partial charge in [-0.05, 0) is 30.5 Å². The Morgan fingerprint density at radius 3 is 2.40 bits per heavy atom. The highest BCUT2D eigenvalue weighted by Crippen LogP contribution is 2.36. The maximum absolute atomic E-state index is 6.75. The fraction of sp³-hybridized carbons (Fsp3) is 0.722. The minimum atomic E-state index is -1.79. The lowest BCUT2D eigenvalue weighted by Crippen LogP contribution is -2.40. The van der Waals surface area contributed by atoms with Gasteiger partial charge in [-0.2, -0.15) is 0 Å². The lowest BCUT2D eigenvalue weighted by Gasteiger charge is -2.34. The molecule has 0 aliphatic carbocycles. The molecule has 142 valence electrons. The smallest absolute Gasteiger partial charge is 0.192 e. The Balaban J connectivity index is 2.15. The van der Waals surface area contributed by atoms with Gasteiger partial charge in [0.1, 0.15) is 0 Å². The number of hydrogen-bond donors (Lipinski definition) is 1. The van der Waals surface area contributed by atoms with Gasteiger partial charge in [0.2, 0.25) is 0 Å². The molecule has 1 fully saturated rings. The average molecular weight is 405 g/mol. The summed E-state index contributed by atoms with van der Waals surface area (Å²) in [7, 11) is -1.79. The molecule has 4 nitrogen and oxygen atoms in total. The Labute approximate surface area is 162 Å². The van der Waals surface area contributed by atoms with Crippen LogP contribution in [0.15, 0.2) is 12.4 Å². The van der Waals surface area contributed by atoms with Crippen molar-refractivity contribution in [3.05, 3.63) is 28.0 Å². The van der Waals surface area contributed by atoms with Crippen molar-refractivity contribution in [2.75, 3.05) is 26.3 Å². The Hall–Kier alpha value is -0.173. The molecule has 7 heteroatoms. The predicted molar refractivity (Wildman–Crippen MR) is 107 cm³/mol. The second kappa shape index (κ2) is 10.2. The molecule has 0 aromatic carbocycles. The molecule has 0 spiro atoms. The number of nitrogens with one attached hydrogen (secondary N) is 1. The molecule has 0 saturated carbocycles. The normalized spacial score (nSPS) is 19.3. The van der Waals surface area contributed by atoms with E-state index in [1.165, 1.54) is 0 Å². The zero-order chi connectivity index (χ0) is 18.3. The number of nitrogens with zero attached hydrogens (tertiary/aromatic N) is 1. The summed E-state index contributed by atoms with van der Waals surface area (Å²) >= 11 is 12.9. The van der Waals surface area contributed by atoms with Gasteiger partial charge in [0.25, 0.3) is 0 Å². The summed E-state index contributed by atoms with van der Waals surface area (Å²) in [6, 6.07) is 3.27. The number of pyridine rings is 1. The zero-order valence-corrected chi connectivity index (χ0v) is 18.0. The summed E-state index contributed by atoms with van der Waals surface area (Å²) in [5.41, 5.74) is 0.862. The molecule has 1 aliphatic heterocycles. The molecular formula is C18H30Cl2N2O2Si. The minimum absolute atomic E-state index is 0.142. The third-order valence-corrected chi connectivity index (χ3v) is 10.6.